The van der Waals surface area contributed by atoms with Crippen molar-refractivity contribution in [1.29, 1.82) is 5.41 Å². The van der Waals surface area contributed by atoms with Crippen molar-refractivity contribution in [2.24, 2.45) is 5.73 Å². The molecule has 0 bridgehead atoms. The van der Waals surface area contributed by atoms with Gasteiger partial charge in [-0.3, -0.25) is 5.41 Å². The molecule has 1 aromatic rings. The summed E-state index contributed by atoms with van der Waals surface area (Å²) in [5.74, 6) is -0.983. The number of rotatable bonds is 2. The molecule has 0 saturated carbocycles. The van der Waals surface area contributed by atoms with Crippen LogP contribution in [0.3, 0.4) is 0 Å². The van der Waals surface area contributed by atoms with E-state index < -0.39 is 21.6 Å². The molecule has 0 amide bonds. The van der Waals surface area contributed by atoms with Crippen molar-refractivity contribution >= 4 is 35.2 Å². The van der Waals surface area contributed by atoms with E-state index in [0.717, 1.165) is 5.56 Å². The Hall–Kier alpha value is -2.58. The van der Waals surface area contributed by atoms with Gasteiger partial charge in [0.1, 0.15) is 10.6 Å². The van der Waals surface area contributed by atoms with Crippen LogP contribution in [0, 0.1) is 5.41 Å². The Balaban J connectivity index is 2.03. The van der Waals surface area contributed by atoms with E-state index >= 15 is 0 Å². The predicted octanol–water partition coefficient (Wildman–Crippen LogP) is 1.24. The number of esters is 2. The maximum absolute atomic E-state index is 12.3. The SMILES string of the molecule is COC(=O)C1=C(C(=O)OC)C2(N)SC23C(=N)Oc2ccccc2C3=C1. The van der Waals surface area contributed by atoms with Crippen LogP contribution in [0.2, 0.25) is 0 Å². The Labute approximate surface area is 147 Å². The second-order valence-electron chi connectivity index (χ2n) is 5.78. The van der Waals surface area contributed by atoms with E-state index in [-0.39, 0.29) is 17.0 Å². The Bertz CT molecular complexity index is 921. The molecule has 0 aromatic heterocycles. The van der Waals surface area contributed by atoms with Crippen molar-refractivity contribution in [2.75, 3.05) is 14.2 Å². The van der Waals surface area contributed by atoms with Crippen LogP contribution < -0.4 is 10.5 Å². The first-order valence-corrected chi connectivity index (χ1v) is 8.21. The van der Waals surface area contributed by atoms with Crippen LogP contribution in [-0.4, -0.2) is 41.7 Å². The van der Waals surface area contributed by atoms with Crippen LogP contribution >= 0.6 is 11.8 Å². The molecule has 25 heavy (non-hydrogen) atoms. The summed E-state index contributed by atoms with van der Waals surface area (Å²) in [6.45, 7) is 0. The van der Waals surface area contributed by atoms with Crippen LogP contribution in [0.1, 0.15) is 5.56 Å². The predicted molar refractivity (Wildman–Crippen MR) is 91.1 cm³/mol. The number of nitrogens with two attached hydrogens (primary N) is 1. The molecule has 2 atom stereocenters. The van der Waals surface area contributed by atoms with Gasteiger partial charge in [-0.15, -0.1) is 11.8 Å². The van der Waals surface area contributed by atoms with Gasteiger partial charge in [0.15, 0.2) is 4.75 Å². The number of hydrogen-bond acceptors (Lipinski definition) is 8. The van der Waals surface area contributed by atoms with E-state index in [4.69, 9.17) is 25.4 Å². The number of hydrogen-bond donors (Lipinski definition) is 2. The smallest absolute Gasteiger partial charge is 0.338 e. The number of thioether (sulfide) groups is 1. The van der Waals surface area contributed by atoms with Gasteiger partial charge in [0.2, 0.25) is 5.90 Å². The summed E-state index contributed by atoms with van der Waals surface area (Å²) in [4.78, 5) is 23.3. The third kappa shape index (κ3) is 1.78. The molecule has 2 heterocycles. The molecule has 128 valence electrons. The number of carbonyl (C=O) groups is 2. The Kier molecular flexibility index (Phi) is 3.16. The first kappa shape index (κ1) is 15.9. The molecule has 2 unspecified atom stereocenters. The molecule has 7 nitrogen and oxygen atoms in total. The topological polar surface area (TPSA) is 112 Å². The van der Waals surface area contributed by atoms with Crippen LogP contribution in [0.15, 0.2) is 41.5 Å². The summed E-state index contributed by atoms with van der Waals surface area (Å²) in [6.07, 6.45) is 1.55. The molecule has 8 heteroatoms. The minimum absolute atomic E-state index is 0.0108. The Morgan fingerprint density at radius 2 is 1.88 bits per heavy atom. The summed E-state index contributed by atoms with van der Waals surface area (Å²) >= 11 is 1.18. The molecule has 1 aromatic carbocycles. The van der Waals surface area contributed by atoms with Crippen LogP contribution in [-0.2, 0) is 19.1 Å². The summed E-state index contributed by atoms with van der Waals surface area (Å²) in [6, 6.07) is 7.18. The zero-order valence-corrected chi connectivity index (χ0v) is 14.2. The molecule has 1 saturated heterocycles. The van der Waals surface area contributed by atoms with Crippen molar-refractivity contribution in [3.8, 4) is 5.75 Å². The van der Waals surface area contributed by atoms with Gasteiger partial charge in [0.25, 0.3) is 0 Å². The van der Waals surface area contributed by atoms with E-state index in [0.29, 0.717) is 11.3 Å². The summed E-state index contributed by atoms with van der Waals surface area (Å²) in [7, 11) is 2.44. The van der Waals surface area contributed by atoms with Crippen LogP contribution in [0.25, 0.3) is 5.57 Å². The van der Waals surface area contributed by atoms with Gasteiger partial charge in [0.05, 0.1) is 25.4 Å². The lowest BCUT2D eigenvalue weighted by Crippen LogP contribution is -2.50. The van der Waals surface area contributed by atoms with E-state index in [1.807, 2.05) is 12.1 Å². The largest absolute Gasteiger partial charge is 0.466 e. The van der Waals surface area contributed by atoms with Crippen molar-refractivity contribution in [1.82, 2.24) is 0 Å². The molecule has 2 aliphatic heterocycles. The molecule has 3 aliphatic rings. The first-order chi connectivity index (χ1) is 11.9. The first-order valence-electron chi connectivity index (χ1n) is 7.39. The Morgan fingerprint density at radius 3 is 2.56 bits per heavy atom. The van der Waals surface area contributed by atoms with Crippen LogP contribution in [0.4, 0.5) is 0 Å². The third-order valence-corrected chi connectivity index (χ3v) is 6.27. The molecule has 1 aliphatic carbocycles. The van der Waals surface area contributed by atoms with Crippen molar-refractivity contribution in [3.05, 3.63) is 47.1 Å². The minimum atomic E-state index is -1.32. The molecule has 1 spiro atoms. The lowest BCUT2D eigenvalue weighted by molar-refractivity contribution is -0.139. The lowest BCUT2D eigenvalue weighted by atomic mass is 9.75. The fourth-order valence-electron chi connectivity index (χ4n) is 3.42. The average Bonchev–Trinajstić information content (AvgIpc) is 3.26. The van der Waals surface area contributed by atoms with Gasteiger partial charge in [-0.2, -0.15) is 0 Å². The molecule has 3 N–H and O–H groups in total. The molecular formula is C17H14N2O5S. The number of carbonyl (C=O) groups excluding carboxylic acids is 2. The van der Waals surface area contributed by atoms with Crippen molar-refractivity contribution < 1.29 is 23.8 Å². The van der Waals surface area contributed by atoms with E-state index in [1.54, 1.807) is 18.2 Å². The highest BCUT2D eigenvalue weighted by molar-refractivity contribution is 8.11. The van der Waals surface area contributed by atoms with Gasteiger partial charge >= 0.3 is 11.9 Å². The molecule has 4 rings (SSSR count). The third-order valence-electron chi connectivity index (χ3n) is 4.61. The fourth-order valence-corrected chi connectivity index (χ4v) is 4.86. The minimum Gasteiger partial charge on any atom is -0.466 e. The highest BCUT2D eigenvalue weighted by atomic mass is 32.2. The lowest BCUT2D eigenvalue weighted by Gasteiger charge is -2.33. The fraction of sp³-hybridized carbons (Fsp3) is 0.235. The number of methoxy groups -OCH3 is 2. The highest BCUT2D eigenvalue weighted by Crippen LogP contribution is 2.74. The number of para-hydroxylation sites is 1. The number of fused-ring (bicyclic) bond motifs is 2. The van der Waals surface area contributed by atoms with E-state index in [1.165, 1.54) is 26.0 Å². The van der Waals surface area contributed by atoms with Gasteiger partial charge in [-0.05, 0) is 17.7 Å². The number of nitrogens with one attached hydrogen (secondary N) is 1. The monoisotopic (exact) mass is 358 g/mol. The quantitative estimate of drug-likeness (QED) is 0.604. The summed E-state index contributed by atoms with van der Waals surface area (Å²) in [5.41, 5.74) is 7.89. The van der Waals surface area contributed by atoms with Crippen molar-refractivity contribution in [2.45, 2.75) is 9.62 Å². The number of ether oxygens (including phenoxy) is 3. The second-order valence-corrected chi connectivity index (χ2v) is 7.24. The normalized spacial score (nSPS) is 28.8. The standard InChI is InChI=1S/C17H14N2O5S/c1-22-13(20)9-7-10-8-5-3-4-6-11(8)24-15(18)16(10)17(19,25-16)12(9)14(21)23-2/h3-7,18H,19H2,1-2H3. The van der Waals surface area contributed by atoms with E-state index in [2.05, 4.69) is 0 Å². The van der Waals surface area contributed by atoms with E-state index in [9.17, 15) is 9.59 Å². The second kappa shape index (κ2) is 4.96. The van der Waals surface area contributed by atoms with Crippen molar-refractivity contribution in [3.63, 3.8) is 0 Å². The highest BCUT2D eigenvalue weighted by Gasteiger charge is 2.79. The molecule has 0 radical (unpaired) electrons. The summed E-state index contributed by atoms with van der Waals surface area (Å²) < 4.78 is 14.2. The van der Waals surface area contributed by atoms with Gasteiger partial charge < -0.3 is 19.9 Å². The van der Waals surface area contributed by atoms with Gasteiger partial charge in [-0.25, -0.2) is 9.59 Å². The van der Waals surface area contributed by atoms with Crippen LogP contribution in [0.5, 0.6) is 5.75 Å². The van der Waals surface area contributed by atoms with Gasteiger partial charge in [0, 0.05) is 5.56 Å². The zero-order valence-electron chi connectivity index (χ0n) is 13.4. The molecular weight excluding hydrogens is 344 g/mol. The summed E-state index contributed by atoms with van der Waals surface area (Å²) in [5, 5.41) is 8.36. The Morgan fingerprint density at radius 1 is 1.20 bits per heavy atom. The number of benzene rings is 1. The zero-order chi connectivity index (χ0) is 18.0. The molecule has 1 fully saturated rings. The maximum Gasteiger partial charge on any atom is 0.338 e. The maximum atomic E-state index is 12.3. The average molecular weight is 358 g/mol. The van der Waals surface area contributed by atoms with Gasteiger partial charge in [-0.1, -0.05) is 18.2 Å².